The highest BCUT2D eigenvalue weighted by Gasteiger charge is 2.51. The molecule has 1 aromatic rings. The molecule has 0 N–H and O–H groups in total. The lowest BCUT2D eigenvalue weighted by atomic mass is 9.77. The van der Waals surface area contributed by atoms with Crippen LogP contribution in [0.15, 0.2) is 23.2 Å². The van der Waals surface area contributed by atoms with Crippen molar-refractivity contribution in [2.24, 2.45) is 4.99 Å². The number of benzene rings is 1. The molecular weight excluding hydrogens is 315 g/mol. The van der Waals surface area contributed by atoms with Crippen molar-refractivity contribution in [2.45, 2.75) is 51.4 Å². The number of nitrogens with zero attached hydrogens (tertiary/aromatic N) is 2. The van der Waals surface area contributed by atoms with Gasteiger partial charge in [-0.2, -0.15) is 0 Å². The minimum Gasteiger partial charge on any atom is -0.399 e. The molecule has 0 amide bonds. The molecule has 4 rings (SSSR count). The molecule has 134 valence electrons. The fourth-order valence-electron chi connectivity index (χ4n) is 3.60. The average molecular weight is 342 g/mol. The summed E-state index contributed by atoms with van der Waals surface area (Å²) in [6.07, 6.45) is 3.06. The number of ether oxygens (including phenoxy) is 1. The van der Waals surface area contributed by atoms with E-state index in [9.17, 15) is 0 Å². The van der Waals surface area contributed by atoms with Crippen LogP contribution in [0.5, 0.6) is 0 Å². The third-order valence-electron chi connectivity index (χ3n) is 5.96. The van der Waals surface area contributed by atoms with E-state index in [1.165, 1.54) is 5.56 Å². The van der Waals surface area contributed by atoms with Gasteiger partial charge < -0.3 is 14.0 Å². The molecule has 3 heterocycles. The largest absolute Gasteiger partial charge is 0.494 e. The first kappa shape index (κ1) is 17.2. The van der Waals surface area contributed by atoms with Gasteiger partial charge in [0.25, 0.3) is 0 Å². The maximum absolute atomic E-state index is 6.20. The molecule has 3 aliphatic rings. The molecule has 3 aliphatic heterocycles. The molecule has 2 fully saturated rings. The first-order chi connectivity index (χ1) is 11.9. The standard InChI is InChI=1S/C19H27BN2O3/c1-18(2)19(3,4)25-20(24-18)15-5-6-17-14(11-15)12-16(13-21-17)22-7-9-23-10-8-22/h5-6,11,13,16H,7-10,12H2,1-4H3. The van der Waals surface area contributed by atoms with Gasteiger partial charge in [-0.15, -0.1) is 0 Å². The van der Waals surface area contributed by atoms with E-state index in [1.807, 2.05) is 0 Å². The lowest BCUT2D eigenvalue weighted by molar-refractivity contribution is 0.00578. The molecule has 1 unspecified atom stereocenters. The molecule has 1 aromatic carbocycles. The van der Waals surface area contributed by atoms with Gasteiger partial charge in [0.15, 0.2) is 0 Å². The van der Waals surface area contributed by atoms with Gasteiger partial charge in [-0.3, -0.25) is 9.89 Å². The lowest BCUT2D eigenvalue weighted by Gasteiger charge is -2.34. The minimum atomic E-state index is -0.317. The van der Waals surface area contributed by atoms with Gasteiger partial charge in [0, 0.05) is 25.3 Å². The molecule has 0 spiro atoms. The maximum atomic E-state index is 6.20. The predicted octanol–water partition coefficient (Wildman–Crippen LogP) is 1.94. The number of morpholine rings is 1. The molecule has 6 heteroatoms. The van der Waals surface area contributed by atoms with Crippen LogP contribution in [0.2, 0.25) is 0 Å². The van der Waals surface area contributed by atoms with Gasteiger partial charge >= 0.3 is 7.12 Å². The predicted molar refractivity (Wildman–Crippen MR) is 100 cm³/mol. The van der Waals surface area contributed by atoms with Gasteiger partial charge in [0.1, 0.15) is 0 Å². The van der Waals surface area contributed by atoms with Crippen molar-refractivity contribution in [1.82, 2.24) is 4.90 Å². The van der Waals surface area contributed by atoms with Gasteiger partial charge in [0.2, 0.25) is 0 Å². The summed E-state index contributed by atoms with van der Waals surface area (Å²) in [7, 11) is -0.317. The smallest absolute Gasteiger partial charge is 0.399 e. The van der Waals surface area contributed by atoms with E-state index in [-0.39, 0.29) is 18.3 Å². The average Bonchev–Trinajstić information content (AvgIpc) is 2.82. The summed E-state index contributed by atoms with van der Waals surface area (Å²) in [5.41, 5.74) is 2.77. The highest BCUT2D eigenvalue weighted by molar-refractivity contribution is 6.62. The zero-order valence-corrected chi connectivity index (χ0v) is 15.6. The normalized spacial score (nSPS) is 28.2. The van der Waals surface area contributed by atoms with Crippen LogP contribution in [0.25, 0.3) is 0 Å². The van der Waals surface area contributed by atoms with E-state index in [2.05, 4.69) is 62.0 Å². The monoisotopic (exact) mass is 342 g/mol. The summed E-state index contributed by atoms with van der Waals surface area (Å²) in [6, 6.07) is 6.72. The summed E-state index contributed by atoms with van der Waals surface area (Å²) < 4.78 is 17.9. The van der Waals surface area contributed by atoms with E-state index in [0.29, 0.717) is 6.04 Å². The Morgan fingerprint density at radius 2 is 1.76 bits per heavy atom. The third-order valence-corrected chi connectivity index (χ3v) is 5.96. The number of hydrogen-bond donors (Lipinski definition) is 0. The van der Waals surface area contributed by atoms with Crippen molar-refractivity contribution in [3.63, 3.8) is 0 Å². The summed E-state index contributed by atoms with van der Waals surface area (Å²) in [4.78, 5) is 7.14. The second-order valence-corrected chi connectivity index (χ2v) is 8.17. The first-order valence-electron chi connectivity index (χ1n) is 9.20. The first-order valence-corrected chi connectivity index (χ1v) is 9.20. The Balaban J connectivity index is 1.54. The molecule has 0 bridgehead atoms. The SMILES string of the molecule is CC1(C)OB(c2ccc3c(c2)CC(N2CCOCC2)C=N3)OC1(C)C. The zero-order valence-electron chi connectivity index (χ0n) is 15.6. The molecule has 25 heavy (non-hydrogen) atoms. The minimum absolute atomic E-state index is 0.317. The Bertz CT molecular complexity index is 667. The fraction of sp³-hybridized carbons (Fsp3) is 0.632. The molecule has 1 atom stereocenters. The van der Waals surface area contributed by atoms with Crippen LogP contribution in [0.4, 0.5) is 5.69 Å². The molecular formula is C19H27BN2O3. The van der Waals surface area contributed by atoms with Crippen LogP contribution in [-0.4, -0.2) is 61.8 Å². The van der Waals surface area contributed by atoms with E-state index in [0.717, 1.165) is 43.9 Å². The van der Waals surface area contributed by atoms with E-state index in [1.54, 1.807) is 0 Å². The Morgan fingerprint density at radius 1 is 1.08 bits per heavy atom. The van der Waals surface area contributed by atoms with E-state index < -0.39 is 0 Å². The Hall–Kier alpha value is -1.21. The molecule has 0 saturated carbocycles. The Morgan fingerprint density at radius 3 is 2.44 bits per heavy atom. The molecule has 2 saturated heterocycles. The van der Waals surface area contributed by atoms with Crippen molar-refractivity contribution in [3.8, 4) is 0 Å². The molecule has 0 radical (unpaired) electrons. The number of fused-ring (bicyclic) bond motifs is 1. The highest BCUT2D eigenvalue weighted by atomic mass is 16.7. The van der Waals surface area contributed by atoms with Crippen molar-refractivity contribution in [1.29, 1.82) is 0 Å². The summed E-state index contributed by atoms with van der Waals surface area (Å²) in [5.74, 6) is 0. The van der Waals surface area contributed by atoms with Crippen LogP contribution >= 0.6 is 0 Å². The quantitative estimate of drug-likeness (QED) is 0.771. The van der Waals surface area contributed by atoms with E-state index in [4.69, 9.17) is 14.0 Å². The number of aliphatic imine (C=N–C) groups is 1. The van der Waals surface area contributed by atoms with Crippen LogP contribution in [0, 0.1) is 0 Å². The van der Waals surface area contributed by atoms with Gasteiger partial charge in [-0.05, 0) is 51.2 Å². The molecule has 5 nitrogen and oxygen atoms in total. The molecule has 0 aromatic heterocycles. The van der Waals surface area contributed by atoms with Gasteiger partial charge in [-0.1, -0.05) is 12.1 Å². The van der Waals surface area contributed by atoms with Crippen LogP contribution in [-0.2, 0) is 20.5 Å². The highest BCUT2D eigenvalue weighted by Crippen LogP contribution is 2.37. The Labute approximate surface area is 150 Å². The van der Waals surface area contributed by atoms with E-state index >= 15 is 0 Å². The van der Waals surface area contributed by atoms with Crippen molar-refractivity contribution >= 4 is 24.5 Å². The van der Waals surface area contributed by atoms with Crippen LogP contribution < -0.4 is 5.46 Å². The zero-order chi connectivity index (χ0) is 17.7. The fourth-order valence-corrected chi connectivity index (χ4v) is 3.60. The Kier molecular flexibility index (Phi) is 4.27. The van der Waals surface area contributed by atoms with Crippen molar-refractivity contribution in [3.05, 3.63) is 23.8 Å². The number of rotatable bonds is 2. The summed E-state index contributed by atoms with van der Waals surface area (Å²) in [6.45, 7) is 11.9. The second-order valence-electron chi connectivity index (χ2n) is 8.17. The van der Waals surface area contributed by atoms with Crippen molar-refractivity contribution < 1.29 is 14.0 Å². The maximum Gasteiger partial charge on any atom is 0.494 e. The topological polar surface area (TPSA) is 43.3 Å². The lowest BCUT2D eigenvalue weighted by Crippen LogP contribution is -2.46. The number of hydrogen-bond acceptors (Lipinski definition) is 5. The van der Waals surface area contributed by atoms with Crippen molar-refractivity contribution in [2.75, 3.05) is 26.3 Å². The summed E-state index contributed by atoms with van der Waals surface area (Å²) >= 11 is 0. The third kappa shape index (κ3) is 3.17. The van der Waals surface area contributed by atoms with Crippen LogP contribution in [0.3, 0.4) is 0 Å². The van der Waals surface area contributed by atoms with Gasteiger partial charge in [0.05, 0.1) is 30.1 Å². The van der Waals surface area contributed by atoms with Gasteiger partial charge in [-0.25, -0.2) is 0 Å². The summed E-state index contributed by atoms with van der Waals surface area (Å²) in [5, 5.41) is 0. The van der Waals surface area contributed by atoms with Crippen LogP contribution in [0.1, 0.15) is 33.3 Å². The molecule has 0 aliphatic carbocycles. The second kappa shape index (κ2) is 6.20.